The van der Waals surface area contributed by atoms with Gasteiger partial charge < -0.3 is 10.6 Å². The van der Waals surface area contributed by atoms with Crippen molar-refractivity contribution in [3.05, 3.63) is 0 Å². The zero-order chi connectivity index (χ0) is 6.69. The van der Waals surface area contributed by atoms with Crippen LogP contribution in [0.15, 0.2) is 0 Å². The van der Waals surface area contributed by atoms with Crippen molar-refractivity contribution in [3.8, 4) is 0 Å². The highest BCUT2D eigenvalue weighted by Crippen LogP contribution is 1.72. The molecule has 0 spiro atoms. The third-order valence-electron chi connectivity index (χ3n) is 0.923. The molecular weight excluding hydrogens is 122 g/mol. The van der Waals surface area contributed by atoms with Gasteiger partial charge in [-0.1, -0.05) is 0 Å². The molecule has 0 aromatic rings. The lowest BCUT2D eigenvalue weighted by atomic mass is 10.6. The third-order valence-corrected chi connectivity index (χ3v) is 0.923. The first-order valence-electron chi connectivity index (χ1n) is 2.62. The Bertz CT molecular complexity index is 129. The van der Waals surface area contributed by atoms with E-state index in [1.807, 2.05) is 5.32 Å². The quantitative estimate of drug-likeness (QED) is 0.393. The minimum absolute atomic E-state index is 0.440. The van der Waals surface area contributed by atoms with Gasteiger partial charge in [0.25, 0.3) is 0 Å². The van der Waals surface area contributed by atoms with Crippen molar-refractivity contribution in [2.24, 2.45) is 0 Å². The Balaban J connectivity index is 2.47. The average molecular weight is 129 g/mol. The van der Waals surface area contributed by atoms with Gasteiger partial charge in [-0.2, -0.15) is 0 Å². The van der Waals surface area contributed by atoms with Crippen molar-refractivity contribution in [1.29, 1.82) is 0 Å². The molecule has 0 bridgehead atoms. The summed E-state index contributed by atoms with van der Waals surface area (Å²) in [7, 11) is 0. The number of carbonyl (C=O) groups excluding carboxylic acids is 2. The second-order valence-corrected chi connectivity index (χ2v) is 1.64. The maximum atomic E-state index is 10.4. The number of amides is 4. The molecule has 0 unspecified atom stereocenters. The number of hydrogen-bond acceptors (Lipinski definition) is 2. The Morgan fingerprint density at radius 1 is 1.00 bits per heavy atom. The van der Waals surface area contributed by atoms with Crippen molar-refractivity contribution >= 4 is 12.1 Å². The summed E-state index contributed by atoms with van der Waals surface area (Å²) in [5, 5.41) is 6.92. The topological polar surface area (TPSA) is 70.2 Å². The minimum atomic E-state index is -0.440. The standard InChI is InChI=1S/C4H7N3O2/c8-3-5-1-2-6-4(9)7-3/h1-2H2,(H3,5,6,7,8,9). The molecule has 1 fully saturated rings. The summed E-state index contributed by atoms with van der Waals surface area (Å²) in [5.74, 6) is 0. The number of imide groups is 1. The molecular formula is C4H7N3O2. The van der Waals surface area contributed by atoms with E-state index in [-0.39, 0.29) is 0 Å². The van der Waals surface area contributed by atoms with Gasteiger partial charge in [0.15, 0.2) is 0 Å². The van der Waals surface area contributed by atoms with Crippen molar-refractivity contribution in [2.45, 2.75) is 0 Å². The molecule has 0 aliphatic carbocycles. The monoisotopic (exact) mass is 129 g/mol. The van der Waals surface area contributed by atoms with Gasteiger partial charge >= 0.3 is 12.1 Å². The molecule has 1 aliphatic heterocycles. The predicted molar refractivity (Wildman–Crippen MR) is 29.9 cm³/mol. The summed E-state index contributed by atoms with van der Waals surface area (Å²) in [4.78, 5) is 20.8. The number of carbonyl (C=O) groups is 2. The molecule has 4 amide bonds. The normalized spacial score (nSPS) is 19.1. The van der Waals surface area contributed by atoms with E-state index in [1.54, 1.807) is 0 Å². The lowest BCUT2D eigenvalue weighted by Gasteiger charge is -1.94. The summed E-state index contributed by atoms with van der Waals surface area (Å²) in [6, 6.07) is -0.880. The molecule has 5 nitrogen and oxygen atoms in total. The first-order chi connectivity index (χ1) is 4.29. The lowest BCUT2D eigenvalue weighted by Crippen LogP contribution is -2.38. The number of hydrogen-bond donors (Lipinski definition) is 3. The van der Waals surface area contributed by atoms with Crippen LogP contribution in [0, 0.1) is 0 Å². The fourth-order valence-electron chi connectivity index (χ4n) is 0.544. The summed E-state index contributed by atoms with van der Waals surface area (Å²) in [6.45, 7) is 0.967. The molecule has 1 rings (SSSR count). The van der Waals surface area contributed by atoms with Gasteiger partial charge in [0.05, 0.1) is 0 Å². The van der Waals surface area contributed by atoms with Gasteiger partial charge in [0, 0.05) is 13.1 Å². The maximum absolute atomic E-state index is 10.4. The molecule has 3 N–H and O–H groups in total. The number of rotatable bonds is 0. The Hall–Kier alpha value is -1.26. The molecule has 1 saturated heterocycles. The van der Waals surface area contributed by atoms with Gasteiger partial charge in [0.1, 0.15) is 0 Å². The summed E-state index contributed by atoms with van der Waals surface area (Å²) in [5.41, 5.74) is 0. The Morgan fingerprint density at radius 2 is 1.44 bits per heavy atom. The van der Waals surface area contributed by atoms with Crippen molar-refractivity contribution in [2.75, 3.05) is 13.1 Å². The van der Waals surface area contributed by atoms with Gasteiger partial charge in [-0.25, -0.2) is 9.59 Å². The predicted octanol–water partition coefficient (Wildman–Crippen LogP) is -0.991. The summed E-state index contributed by atoms with van der Waals surface area (Å²) in [6.07, 6.45) is 0. The van der Waals surface area contributed by atoms with Crippen LogP contribution in [0.25, 0.3) is 0 Å². The number of nitrogens with one attached hydrogen (secondary N) is 3. The second kappa shape index (κ2) is 2.34. The molecule has 50 valence electrons. The smallest absolute Gasteiger partial charge is 0.322 e. The van der Waals surface area contributed by atoms with Crippen LogP contribution in [0.2, 0.25) is 0 Å². The van der Waals surface area contributed by atoms with Crippen LogP contribution < -0.4 is 16.0 Å². The van der Waals surface area contributed by atoms with Gasteiger partial charge in [0.2, 0.25) is 0 Å². The first kappa shape index (κ1) is 5.87. The highest BCUT2D eigenvalue weighted by atomic mass is 16.2. The van der Waals surface area contributed by atoms with Crippen molar-refractivity contribution < 1.29 is 9.59 Å². The molecule has 9 heavy (non-hydrogen) atoms. The van der Waals surface area contributed by atoms with E-state index >= 15 is 0 Å². The first-order valence-corrected chi connectivity index (χ1v) is 2.62. The van der Waals surface area contributed by atoms with Crippen LogP contribution in [-0.4, -0.2) is 25.2 Å². The highest BCUT2D eigenvalue weighted by molar-refractivity contribution is 5.93. The summed E-state index contributed by atoms with van der Waals surface area (Å²) >= 11 is 0. The molecule has 1 heterocycles. The van der Waals surface area contributed by atoms with Crippen LogP contribution in [-0.2, 0) is 0 Å². The van der Waals surface area contributed by atoms with Crippen LogP contribution in [0.4, 0.5) is 9.59 Å². The SMILES string of the molecule is O=C1NCCNC(=O)N1. The zero-order valence-corrected chi connectivity index (χ0v) is 4.73. The minimum Gasteiger partial charge on any atom is -0.336 e. The maximum Gasteiger partial charge on any atom is 0.322 e. The van der Waals surface area contributed by atoms with Gasteiger partial charge in [-0.3, -0.25) is 5.32 Å². The molecule has 0 aromatic carbocycles. The van der Waals surface area contributed by atoms with Crippen LogP contribution in [0.3, 0.4) is 0 Å². The van der Waals surface area contributed by atoms with Crippen molar-refractivity contribution in [3.63, 3.8) is 0 Å². The van der Waals surface area contributed by atoms with E-state index in [9.17, 15) is 9.59 Å². The van der Waals surface area contributed by atoms with Crippen LogP contribution >= 0.6 is 0 Å². The van der Waals surface area contributed by atoms with Crippen LogP contribution in [0.1, 0.15) is 0 Å². The Labute approximate surface area is 51.8 Å². The largest absolute Gasteiger partial charge is 0.336 e. The zero-order valence-electron chi connectivity index (χ0n) is 4.73. The van der Waals surface area contributed by atoms with E-state index in [0.29, 0.717) is 13.1 Å². The van der Waals surface area contributed by atoms with E-state index in [1.165, 1.54) is 0 Å². The van der Waals surface area contributed by atoms with Crippen molar-refractivity contribution in [1.82, 2.24) is 16.0 Å². The second-order valence-electron chi connectivity index (χ2n) is 1.64. The van der Waals surface area contributed by atoms with E-state index in [2.05, 4.69) is 10.6 Å². The number of urea groups is 2. The molecule has 5 heteroatoms. The Kier molecular flexibility index (Phi) is 1.53. The molecule has 0 saturated carbocycles. The van der Waals surface area contributed by atoms with Gasteiger partial charge in [-0.15, -0.1) is 0 Å². The fraction of sp³-hybridized carbons (Fsp3) is 0.500. The third kappa shape index (κ3) is 1.60. The fourth-order valence-corrected chi connectivity index (χ4v) is 0.544. The summed E-state index contributed by atoms with van der Waals surface area (Å²) < 4.78 is 0. The molecule has 0 radical (unpaired) electrons. The van der Waals surface area contributed by atoms with E-state index in [0.717, 1.165) is 0 Å². The molecule has 1 aliphatic rings. The Morgan fingerprint density at radius 3 is 1.89 bits per heavy atom. The molecule has 0 atom stereocenters. The van der Waals surface area contributed by atoms with Gasteiger partial charge in [-0.05, 0) is 0 Å². The van der Waals surface area contributed by atoms with E-state index in [4.69, 9.17) is 0 Å². The lowest BCUT2D eigenvalue weighted by molar-refractivity contribution is 0.231. The highest BCUT2D eigenvalue weighted by Gasteiger charge is 2.08. The van der Waals surface area contributed by atoms with E-state index < -0.39 is 12.1 Å². The average Bonchev–Trinajstić information content (AvgIpc) is 1.93. The molecule has 0 aromatic heterocycles. The van der Waals surface area contributed by atoms with Crippen LogP contribution in [0.5, 0.6) is 0 Å².